The van der Waals surface area contributed by atoms with Crippen LogP contribution in [0.15, 0.2) is 24.4 Å². The molecule has 0 fully saturated rings. The van der Waals surface area contributed by atoms with E-state index < -0.39 is 0 Å². The second kappa shape index (κ2) is 6.23. The summed E-state index contributed by atoms with van der Waals surface area (Å²) in [6.45, 7) is 1.91. The zero-order valence-electron chi connectivity index (χ0n) is 14.0. The topological polar surface area (TPSA) is 87.3 Å². The summed E-state index contributed by atoms with van der Waals surface area (Å²) in [4.78, 5) is 26.2. The Balaban J connectivity index is 1.44. The van der Waals surface area contributed by atoms with Crippen molar-refractivity contribution in [2.45, 2.75) is 32.2 Å². The van der Waals surface area contributed by atoms with E-state index in [1.54, 1.807) is 0 Å². The summed E-state index contributed by atoms with van der Waals surface area (Å²) < 4.78 is 5.45. The van der Waals surface area contributed by atoms with Gasteiger partial charge in [0, 0.05) is 18.2 Å². The third kappa shape index (κ3) is 3.09. The normalized spacial score (nSPS) is 19.0. The molecule has 2 N–H and O–H groups in total. The zero-order valence-corrected chi connectivity index (χ0v) is 14.0. The molecule has 1 aromatic carbocycles. The predicted octanol–water partition coefficient (Wildman–Crippen LogP) is 1.12. The average molecular weight is 340 g/mol. The highest BCUT2D eigenvalue weighted by atomic mass is 16.5. The molecule has 1 aromatic heterocycles. The molecule has 0 saturated carbocycles. The van der Waals surface area contributed by atoms with Gasteiger partial charge < -0.3 is 10.1 Å². The van der Waals surface area contributed by atoms with Crippen LogP contribution in [0.3, 0.4) is 0 Å². The lowest BCUT2D eigenvalue weighted by atomic mass is 9.94. The zero-order chi connectivity index (χ0) is 17.4. The van der Waals surface area contributed by atoms with Crippen LogP contribution in [0.25, 0.3) is 0 Å². The van der Waals surface area contributed by atoms with Gasteiger partial charge >= 0.3 is 0 Å². The van der Waals surface area contributed by atoms with E-state index in [0.717, 1.165) is 30.5 Å². The molecule has 130 valence electrons. The largest absolute Gasteiger partial charge is 0.482 e. The van der Waals surface area contributed by atoms with Crippen LogP contribution in [-0.2, 0) is 22.4 Å². The smallest absolute Gasteiger partial charge is 0.265 e. The SMILES string of the molecule is Cc1ccc2c(c1)N(CC(=O)N[C@H]1CCc3cn[nH]c3C1)C(=O)CO2. The summed E-state index contributed by atoms with van der Waals surface area (Å²) in [6, 6.07) is 5.70. The summed E-state index contributed by atoms with van der Waals surface area (Å²) in [6.07, 6.45) is 4.37. The van der Waals surface area contributed by atoms with E-state index in [9.17, 15) is 9.59 Å². The van der Waals surface area contributed by atoms with Gasteiger partial charge in [-0.05, 0) is 43.0 Å². The summed E-state index contributed by atoms with van der Waals surface area (Å²) in [5.41, 5.74) is 3.98. The molecule has 1 aliphatic heterocycles. The van der Waals surface area contributed by atoms with Gasteiger partial charge in [-0.1, -0.05) is 6.07 Å². The Kier molecular flexibility index (Phi) is 3.91. The number of hydrogen-bond donors (Lipinski definition) is 2. The van der Waals surface area contributed by atoms with E-state index in [1.165, 1.54) is 10.5 Å². The van der Waals surface area contributed by atoms with Gasteiger partial charge in [-0.25, -0.2) is 0 Å². The number of ether oxygens (including phenoxy) is 1. The lowest BCUT2D eigenvalue weighted by Gasteiger charge is -2.30. The van der Waals surface area contributed by atoms with E-state index in [-0.39, 0.29) is 31.0 Å². The first kappa shape index (κ1) is 15.7. The number of fused-ring (bicyclic) bond motifs is 2. The molecular formula is C18H20N4O3. The number of aromatic amines is 1. The van der Waals surface area contributed by atoms with Gasteiger partial charge in [0.1, 0.15) is 12.3 Å². The highest BCUT2D eigenvalue weighted by molar-refractivity contribution is 6.02. The van der Waals surface area contributed by atoms with Crippen LogP contribution in [0, 0.1) is 6.92 Å². The van der Waals surface area contributed by atoms with Crippen LogP contribution in [0.4, 0.5) is 5.69 Å². The number of benzene rings is 1. The van der Waals surface area contributed by atoms with Gasteiger partial charge in [-0.2, -0.15) is 5.10 Å². The summed E-state index contributed by atoms with van der Waals surface area (Å²) in [7, 11) is 0. The number of nitrogens with zero attached hydrogens (tertiary/aromatic N) is 2. The lowest BCUT2D eigenvalue weighted by molar-refractivity contribution is -0.125. The van der Waals surface area contributed by atoms with Crippen molar-refractivity contribution in [3.05, 3.63) is 41.2 Å². The number of H-pyrrole nitrogens is 1. The van der Waals surface area contributed by atoms with Crippen molar-refractivity contribution in [2.75, 3.05) is 18.1 Å². The van der Waals surface area contributed by atoms with Crippen molar-refractivity contribution < 1.29 is 14.3 Å². The fourth-order valence-corrected chi connectivity index (χ4v) is 3.43. The molecule has 1 aliphatic carbocycles. The molecule has 7 heteroatoms. The molecule has 0 unspecified atom stereocenters. The minimum Gasteiger partial charge on any atom is -0.482 e. The molecule has 2 heterocycles. The molecule has 1 atom stereocenters. The maximum Gasteiger partial charge on any atom is 0.265 e. The molecule has 7 nitrogen and oxygen atoms in total. The predicted molar refractivity (Wildman–Crippen MR) is 91.6 cm³/mol. The van der Waals surface area contributed by atoms with Gasteiger partial charge in [-0.3, -0.25) is 19.6 Å². The van der Waals surface area contributed by atoms with E-state index in [4.69, 9.17) is 4.74 Å². The molecular weight excluding hydrogens is 320 g/mol. The van der Waals surface area contributed by atoms with Crippen molar-refractivity contribution >= 4 is 17.5 Å². The second-order valence-electron chi connectivity index (χ2n) is 6.62. The second-order valence-corrected chi connectivity index (χ2v) is 6.62. The Bertz CT molecular complexity index is 829. The van der Waals surface area contributed by atoms with Gasteiger partial charge in [0.05, 0.1) is 11.9 Å². The Labute approximate surface area is 145 Å². The summed E-state index contributed by atoms with van der Waals surface area (Å²) in [5.74, 6) is 0.279. The molecule has 0 spiro atoms. The van der Waals surface area contributed by atoms with E-state index in [0.29, 0.717) is 11.4 Å². The highest BCUT2D eigenvalue weighted by Crippen LogP contribution is 2.32. The van der Waals surface area contributed by atoms with Crippen LogP contribution in [0.1, 0.15) is 23.2 Å². The molecule has 0 radical (unpaired) electrons. The fourth-order valence-electron chi connectivity index (χ4n) is 3.43. The third-order valence-electron chi connectivity index (χ3n) is 4.74. The van der Waals surface area contributed by atoms with E-state index in [2.05, 4.69) is 15.5 Å². The Hall–Kier alpha value is -2.83. The Morgan fingerprint density at radius 1 is 1.48 bits per heavy atom. The minimum absolute atomic E-state index is 0.00494. The standard InChI is InChI=1S/C18H20N4O3/c1-11-2-5-16-15(6-11)22(18(24)10-25-16)9-17(23)20-13-4-3-12-8-19-21-14(12)7-13/h2,5-6,8,13H,3-4,7,9-10H2,1H3,(H,19,21)(H,20,23)/t13-/m0/s1. The number of carbonyl (C=O) groups excluding carboxylic acids is 2. The van der Waals surface area contributed by atoms with Gasteiger partial charge in [-0.15, -0.1) is 0 Å². The Morgan fingerprint density at radius 2 is 2.36 bits per heavy atom. The van der Waals surface area contributed by atoms with Crippen LogP contribution < -0.4 is 15.0 Å². The first-order chi connectivity index (χ1) is 12.1. The lowest BCUT2D eigenvalue weighted by Crippen LogP contribution is -2.48. The number of hydrogen-bond acceptors (Lipinski definition) is 4. The quantitative estimate of drug-likeness (QED) is 0.876. The van der Waals surface area contributed by atoms with Gasteiger partial charge in [0.2, 0.25) is 5.91 Å². The van der Waals surface area contributed by atoms with Crippen molar-refractivity contribution in [3.8, 4) is 5.75 Å². The molecule has 0 bridgehead atoms. The average Bonchev–Trinajstić information content (AvgIpc) is 3.05. The molecule has 2 aliphatic rings. The van der Waals surface area contributed by atoms with Crippen LogP contribution >= 0.6 is 0 Å². The van der Waals surface area contributed by atoms with Crippen LogP contribution in [0.2, 0.25) is 0 Å². The number of amides is 2. The van der Waals surface area contributed by atoms with Crippen molar-refractivity contribution in [3.63, 3.8) is 0 Å². The third-order valence-corrected chi connectivity index (χ3v) is 4.74. The first-order valence-electron chi connectivity index (χ1n) is 8.44. The summed E-state index contributed by atoms with van der Waals surface area (Å²) >= 11 is 0. The highest BCUT2D eigenvalue weighted by Gasteiger charge is 2.29. The molecule has 2 amide bonds. The first-order valence-corrected chi connectivity index (χ1v) is 8.44. The van der Waals surface area contributed by atoms with E-state index >= 15 is 0 Å². The maximum atomic E-state index is 12.5. The van der Waals surface area contributed by atoms with Crippen molar-refractivity contribution in [1.82, 2.24) is 15.5 Å². The number of rotatable bonds is 3. The minimum atomic E-state index is -0.201. The number of carbonyl (C=O) groups is 2. The van der Waals surface area contributed by atoms with Gasteiger partial charge in [0.25, 0.3) is 5.91 Å². The molecule has 4 rings (SSSR count). The molecule has 25 heavy (non-hydrogen) atoms. The number of aromatic nitrogens is 2. The fraction of sp³-hybridized carbons (Fsp3) is 0.389. The number of nitrogens with one attached hydrogen (secondary N) is 2. The summed E-state index contributed by atoms with van der Waals surface area (Å²) in [5, 5.41) is 10.1. The Morgan fingerprint density at radius 3 is 3.24 bits per heavy atom. The van der Waals surface area contributed by atoms with Crippen LogP contribution in [-0.4, -0.2) is 41.2 Å². The van der Waals surface area contributed by atoms with Gasteiger partial charge in [0.15, 0.2) is 6.61 Å². The van der Waals surface area contributed by atoms with Crippen LogP contribution in [0.5, 0.6) is 5.75 Å². The molecule has 2 aromatic rings. The van der Waals surface area contributed by atoms with Crippen molar-refractivity contribution in [2.24, 2.45) is 0 Å². The number of anilines is 1. The number of aryl methyl sites for hydroxylation is 2. The maximum absolute atomic E-state index is 12.5. The van der Waals surface area contributed by atoms with E-state index in [1.807, 2.05) is 31.3 Å². The molecule has 0 saturated heterocycles. The monoisotopic (exact) mass is 340 g/mol. The van der Waals surface area contributed by atoms with Crippen molar-refractivity contribution in [1.29, 1.82) is 0 Å².